The number of carboxylic acids is 1. The highest BCUT2D eigenvalue weighted by Crippen LogP contribution is 2.24. The molecule has 1 atom stereocenters. The molecular formula is C16H19BrN2O2. The first kappa shape index (κ1) is 15.9. The van der Waals surface area contributed by atoms with Crippen LogP contribution in [0.2, 0.25) is 0 Å². The number of aliphatic carboxylic acids is 1. The second kappa shape index (κ2) is 7.00. The number of hydrogen-bond acceptors (Lipinski definition) is 3. The van der Waals surface area contributed by atoms with Crippen molar-refractivity contribution in [3.8, 4) is 0 Å². The van der Waals surface area contributed by atoms with E-state index in [0.717, 1.165) is 20.9 Å². The van der Waals surface area contributed by atoms with Gasteiger partial charge in [-0.3, -0.25) is 9.78 Å². The molecule has 0 amide bonds. The highest BCUT2D eigenvalue weighted by atomic mass is 79.9. The van der Waals surface area contributed by atoms with E-state index < -0.39 is 12.0 Å². The quantitative estimate of drug-likeness (QED) is 0.835. The van der Waals surface area contributed by atoms with Crippen LogP contribution in [0.4, 0.5) is 0 Å². The molecule has 1 aromatic carbocycles. The van der Waals surface area contributed by atoms with Crippen LogP contribution in [0.15, 0.2) is 34.9 Å². The molecule has 0 radical (unpaired) electrons. The van der Waals surface area contributed by atoms with Crippen LogP contribution < -0.4 is 5.32 Å². The predicted octanol–water partition coefficient (Wildman–Crippen LogP) is 3.59. The standard InChI is InChI=1S/C16H19BrN2O2/c1-10(2)8-14(16(20)21)19-9-11-6-7-18-15-12(11)4-3-5-13(15)17/h3-7,10,14,19H,8-9H2,1-2H3,(H,20,21)/t14-/m1/s1. The maximum absolute atomic E-state index is 11.3. The van der Waals surface area contributed by atoms with Crippen molar-refractivity contribution < 1.29 is 9.90 Å². The second-order valence-corrected chi connectivity index (χ2v) is 6.36. The van der Waals surface area contributed by atoms with Crippen LogP contribution in [0.5, 0.6) is 0 Å². The average Bonchev–Trinajstić information content (AvgIpc) is 2.43. The SMILES string of the molecule is CC(C)C[C@@H](NCc1ccnc2c(Br)cccc12)C(=O)O. The molecular weight excluding hydrogens is 332 g/mol. The van der Waals surface area contributed by atoms with Crippen LogP contribution in [0.25, 0.3) is 10.9 Å². The van der Waals surface area contributed by atoms with Gasteiger partial charge in [-0.25, -0.2) is 0 Å². The summed E-state index contributed by atoms with van der Waals surface area (Å²) in [6.45, 7) is 4.56. The van der Waals surface area contributed by atoms with Crippen molar-refractivity contribution in [3.63, 3.8) is 0 Å². The van der Waals surface area contributed by atoms with Crippen molar-refractivity contribution in [2.45, 2.75) is 32.9 Å². The van der Waals surface area contributed by atoms with Crippen molar-refractivity contribution >= 4 is 32.8 Å². The predicted molar refractivity (Wildman–Crippen MR) is 87.2 cm³/mol. The van der Waals surface area contributed by atoms with Crippen molar-refractivity contribution in [2.75, 3.05) is 0 Å². The van der Waals surface area contributed by atoms with Crippen LogP contribution in [0, 0.1) is 5.92 Å². The second-order valence-electron chi connectivity index (χ2n) is 5.51. The number of aromatic nitrogens is 1. The van der Waals surface area contributed by atoms with Crippen LogP contribution >= 0.6 is 15.9 Å². The summed E-state index contributed by atoms with van der Waals surface area (Å²) in [5, 5.41) is 13.4. The topological polar surface area (TPSA) is 62.2 Å². The van der Waals surface area contributed by atoms with Crippen molar-refractivity contribution in [2.24, 2.45) is 5.92 Å². The number of fused-ring (bicyclic) bond motifs is 1. The minimum atomic E-state index is -0.803. The fourth-order valence-corrected chi connectivity index (χ4v) is 2.80. The minimum Gasteiger partial charge on any atom is -0.480 e. The smallest absolute Gasteiger partial charge is 0.320 e. The molecule has 0 aliphatic heterocycles. The first-order valence-corrected chi connectivity index (χ1v) is 7.76. The lowest BCUT2D eigenvalue weighted by Crippen LogP contribution is -2.37. The first-order valence-electron chi connectivity index (χ1n) is 6.97. The fourth-order valence-electron chi connectivity index (χ4n) is 2.33. The molecule has 21 heavy (non-hydrogen) atoms. The molecule has 1 aromatic heterocycles. The Hall–Kier alpha value is -1.46. The number of para-hydroxylation sites is 1. The average molecular weight is 351 g/mol. The fraction of sp³-hybridized carbons (Fsp3) is 0.375. The molecule has 2 aromatic rings. The van der Waals surface area contributed by atoms with Crippen LogP contribution in [-0.4, -0.2) is 22.1 Å². The molecule has 0 saturated carbocycles. The molecule has 0 saturated heterocycles. The number of nitrogens with one attached hydrogen (secondary N) is 1. The van der Waals surface area contributed by atoms with Crippen LogP contribution in [-0.2, 0) is 11.3 Å². The maximum atomic E-state index is 11.3. The molecule has 4 nitrogen and oxygen atoms in total. The van der Waals surface area contributed by atoms with Gasteiger partial charge in [-0.2, -0.15) is 0 Å². The Morgan fingerprint density at radius 1 is 1.38 bits per heavy atom. The van der Waals surface area contributed by atoms with Crippen LogP contribution in [0.3, 0.4) is 0 Å². The number of rotatable bonds is 6. The third-order valence-electron chi connectivity index (χ3n) is 3.36. The zero-order chi connectivity index (χ0) is 15.4. The Labute approximate surface area is 132 Å². The molecule has 1 heterocycles. The number of nitrogens with zero attached hydrogens (tertiary/aromatic N) is 1. The summed E-state index contributed by atoms with van der Waals surface area (Å²) >= 11 is 3.49. The summed E-state index contributed by atoms with van der Waals surface area (Å²) in [4.78, 5) is 15.7. The van der Waals surface area contributed by atoms with Gasteiger partial charge in [-0.1, -0.05) is 26.0 Å². The van der Waals surface area contributed by atoms with Gasteiger partial charge in [0, 0.05) is 22.6 Å². The molecule has 5 heteroatoms. The van der Waals surface area contributed by atoms with Gasteiger partial charge in [0.15, 0.2) is 0 Å². The molecule has 0 aliphatic rings. The van der Waals surface area contributed by atoms with E-state index in [2.05, 4.69) is 26.2 Å². The van der Waals surface area contributed by atoms with Gasteiger partial charge in [0.2, 0.25) is 0 Å². The van der Waals surface area contributed by atoms with Gasteiger partial charge in [-0.05, 0) is 46.0 Å². The largest absolute Gasteiger partial charge is 0.480 e. The normalized spacial score (nSPS) is 12.8. The summed E-state index contributed by atoms with van der Waals surface area (Å²) in [6.07, 6.45) is 2.37. The highest BCUT2D eigenvalue weighted by molar-refractivity contribution is 9.10. The summed E-state index contributed by atoms with van der Waals surface area (Å²) in [6, 6.07) is 7.31. The van der Waals surface area contributed by atoms with E-state index in [1.807, 2.05) is 38.1 Å². The van der Waals surface area contributed by atoms with Crippen molar-refractivity contribution in [3.05, 3.63) is 40.5 Å². The number of benzene rings is 1. The van der Waals surface area contributed by atoms with Gasteiger partial charge in [-0.15, -0.1) is 0 Å². The third kappa shape index (κ3) is 4.02. The van der Waals surface area contributed by atoms with Gasteiger partial charge in [0.1, 0.15) is 6.04 Å². The van der Waals surface area contributed by atoms with E-state index in [9.17, 15) is 9.90 Å². The number of carboxylic acid groups (broad SMARTS) is 1. The summed E-state index contributed by atoms with van der Waals surface area (Å²) in [7, 11) is 0. The van der Waals surface area contributed by atoms with E-state index in [4.69, 9.17) is 0 Å². The molecule has 2 rings (SSSR count). The molecule has 0 fully saturated rings. The Kier molecular flexibility index (Phi) is 5.31. The van der Waals surface area contributed by atoms with E-state index in [0.29, 0.717) is 18.9 Å². The zero-order valence-corrected chi connectivity index (χ0v) is 13.7. The Balaban J connectivity index is 2.20. The Morgan fingerprint density at radius 2 is 2.14 bits per heavy atom. The number of halogens is 1. The number of pyridine rings is 1. The lowest BCUT2D eigenvalue weighted by atomic mass is 10.0. The Morgan fingerprint density at radius 3 is 2.81 bits per heavy atom. The van der Waals surface area contributed by atoms with Crippen molar-refractivity contribution in [1.82, 2.24) is 10.3 Å². The zero-order valence-electron chi connectivity index (χ0n) is 12.1. The van der Waals surface area contributed by atoms with Gasteiger partial charge in [0.25, 0.3) is 0 Å². The van der Waals surface area contributed by atoms with Crippen LogP contribution in [0.1, 0.15) is 25.8 Å². The lowest BCUT2D eigenvalue weighted by molar-refractivity contribution is -0.140. The number of hydrogen-bond donors (Lipinski definition) is 2. The van der Waals surface area contributed by atoms with E-state index in [1.54, 1.807) is 6.20 Å². The Bertz CT molecular complexity index is 643. The van der Waals surface area contributed by atoms with Gasteiger partial charge < -0.3 is 10.4 Å². The van der Waals surface area contributed by atoms with Crippen molar-refractivity contribution in [1.29, 1.82) is 0 Å². The number of carbonyl (C=O) groups is 1. The van der Waals surface area contributed by atoms with E-state index >= 15 is 0 Å². The summed E-state index contributed by atoms with van der Waals surface area (Å²) in [5.74, 6) is -0.467. The van der Waals surface area contributed by atoms with E-state index in [-0.39, 0.29) is 0 Å². The summed E-state index contributed by atoms with van der Waals surface area (Å²) in [5.41, 5.74) is 1.95. The van der Waals surface area contributed by atoms with Gasteiger partial charge >= 0.3 is 5.97 Å². The third-order valence-corrected chi connectivity index (χ3v) is 4.00. The lowest BCUT2D eigenvalue weighted by Gasteiger charge is -2.17. The maximum Gasteiger partial charge on any atom is 0.320 e. The monoisotopic (exact) mass is 350 g/mol. The molecule has 0 spiro atoms. The highest BCUT2D eigenvalue weighted by Gasteiger charge is 2.18. The first-order chi connectivity index (χ1) is 9.99. The molecule has 2 N–H and O–H groups in total. The molecule has 0 aliphatic carbocycles. The molecule has 112 valence electrons. The molecule has 0 bridgehead atoms. The molecule has 0 unspecified atom stereocenters. The van der Waals surface area contributed by atoms with E-state index in [1.165, 1.54) is 0 Å². The van der Waals surface area contributed by atoms with Gasteiger partial charge in [0.05, 0.1) is 5.52 Å². The summed E-state index contributed by atoms with van der Waals surface area (Å²) < 4.78 is 0.943. The minimum absolute atomic E-state index is 0.335.